The van der Waals surface area contributed by atoms with Crippen LogP contribution >= 0.6 is 12.2 Å². The minimum Gasteiger partial charge on any atom is -0.389 e. The molecule has 0 aliphatic heterocycles. The smallest absolute Gasteiger partial charge is 0.163 e. The van der Waals surface area contributed by atoms with Gasteiger partial charge in [-0.1, -0.05) is 48.6 Å². The monoisotopic (exact) mass is 294 g/mol. The zero-order valence-electron chi connectivity index (χ0n) is 11.5. The Morgan fingerprint density at radius 1 is 1.14 bits per heavy atom. The first kappa shape index (κ1) is 13.5. The number of hydrogen-bond donors (Lipinski definition) is 1. The van der Waals surface area contributed by atoms with Crippen LogP contribution in [0.4, 0.5) is 11.5 Å². The van der Waals surface area contributed by atoms with Gasteiger partial charge in [-0.05, 0) is 12.1 Å². The summed E-state index contributed by atoms with van der Waals surface area (Å²) in [6.07, 6.45) is 1.76. The van der Waals surface area contributed by atoms with Gasteiger partial charge in [0.25, 0.3) is 0 Å². The Hall–Kier alpha value is -2.53. The minimum absolute atomic E-state index is 0.384. The van der Waals surface area contributed by atoms with E-state index in [4.69, 9.17) is 18.0 Å². The van der Waals surface area contributed by atoms with Crippen molar-refractivity contribution in [1.82, 2.24) is 10.2 Å². The number of rotatable bonds is 3. The van der Waals surface area contributed by atoms with Crippen LogP contribution in [0.3, 0.4) is 0 Å². The quantitative estimate of drug-likeness (QED) is 0.752. The van der Waals surface area contributed by atoms with Crippen LogP contribution in [0.1, 0.15) is 5.56 Å². The number of anilines is 2. The van der Waals surface area contributed by atoms with Gasteiger partial charge in [0.1, 0.15) is 4.99 Å². The Kier molecular flexibility index (Phi) is 3.50. The molecule has 0 amide bonds. The molecule has 21 heavy (non-hydrogen) atoms. The van der Waals surface area contributed by atoms with E-state index in [-0.39, 0.29) is 0 Å². The van der Waals surface area contributed by atoms with Gasteiger partial charge in [0.15, 0.2) is 5.82 Å². The third-order valence-electron chi connectivity index (χ3n) is 3.39. The number of nitrogens with zero attached hydrogens (tertiary/aromatic N) is 3. The first-order chi connectivity index (χ1) is 10.2. The van der Waals surface area contributed by atoms with E-state index in [0.29, 0.717) is 4.99 Å². The standard InChI is InChI=1S/C16H14N4S/c1-20(13-7-4-6-11(9-13)15(17)21)16-14-8-3-2-5-12(14)10-18-19-16/h2-10H,1H3,(H2,17,21). The summed E-state index contributed by atoms with van der Waals surface area (Å²) in [7, 11) is 1.95. The van der Waals surface area contributed by atoms with Crippen molar-refractivity contribution in [2.45, 2.75) is 0 Å². The molecule has 2 aromatic carbocycles. The summed E-state index contributed by atoms with van der Waals surface area (Å²) in [5.74, 6) is 0.799. The predicted molar refractivity (Wildman–Crippen MR) is 89.9 cm³/mol. The predicted octanol–water partition coefficient (Wildman–Crippen LogP) is 3.03. The summed E-state index contributed by atoms with van der Waals surface area (Å²) in [5, 5.41) is 10.5. The Morgan fingerprint density at radius 2 is 1.95 bits per heavy atom. The molecule has 104 valence electrons. The molecule has 1 heterocycles. The summed E-state index contributed by atoms with van der Waals surface area (Å²) in [6.45, 7) is 0. The molecular weight excluding hydrogens is 280 g/mol. The third-order valence-corrected chi connectivity index (χ3v) is 3.62. The van der Waals surface area contributed by atoms with Crippen LogP contribution in [0.2, 0.25) is 0 Å². The maximum Gasteiger partial charge on any atom is 0.163 e. The van der Waals surface area contributed by atoms with Crippen molar-refractivity contribution in [2.24, 2.45) is 5.73 Å². The van der Waals surface area contributed by atoms with Crippen molar-refractivity contribution in [3.05, 3.63) is 60.3 Å². The van der Waals surface area contributed by atoms with E-state index in [1.54, 1.807) is 6.20 Å². The Morgan fingerprint density at radius 3 is 2.76 bits per heavy atom. The number of nitrogens with two attached hydrogens (primary N) is 1. The molecule has 0 bridgehead atoms. The van der Waals surface area contributed by atoms with Crippen LogP contribution in [0.5, 0.6) is 0 Å². The lowest BCUT2D eigenvalue weighted by Gasteiger charge is -2.20. The van der Waals surface area contributed by atoms with Gasteiger partial charge in [0.2, 0.25) is 0 Å². The van der Waals surface area contributed by atoms with Crippen LogP contribution in [-0.4, -0.2) is 22.2 Å². The number of fused-ring (bicyclic) bond motifs is 1. The van der Waals surface area contributed by atoms with Crippen molar-refractivity contribution in [3.8, 4) is 0 Å². The van der Waals surface area contributed by atoms with E-state index >= 15 is 0 Å². The van der Waals surface area contributed by atoms with Gasteiger partial charge in [-0.15, -0.1) is 5.10 Å². The molecule has 1 aromatic heterocycles. The zero-order chi connectivity index (χ0) is 14.8. The van der Waals surface area contributed by atoms with E-state index in [9.17, 15) is 0 Å². The molecule has 4 nitrogen and oxygen atoms in total. The molecule has 0 atom stereocenters. The summed E-state index contributed by atoms with van der Waals surface area (Å²) in [6, 6.07) is 15.8. The minimum atomic E-state index is 0.384. The molecular formula is C16H14N4S. The Labute approximate surface area is 128 Å². The topological polar surface area (TPSA) is 55.0 Å². The first-order valence-electron chi connectivity index (χ1n) is 6.51. The van der Waals surface area contributed by atoms with Crippen LogP contribution in [0, 0.1) is 0 Å². The zero-order valence-corrected chi connectivity index (χ0v) is 12.3. The Bertz CT molecular complexity index is 811. The maximum atomic E-state index is 5.70. The van der Waals surface area contributed by atoms with E-state index in [0.717, 1.165) is 27.8 Å². The molecule has 3 aromatic rings. The molecule has 0 spiro atoms. The number of thiocarbonyl (C=S) groups is 1. The molecule has 3 rings (SSSR count). The second-order valence-electron chi connectivity index (χ2n) is 4.73. The lowest BCUT2D eigenvalue weighted by molar-refractivity contribution is 1.01. The molecule has 0 radical (unpaired) electrons. The summed E-state index contributed by atoms with van der Waals surface area (Å²) < 4.78 is 0. The van der Waals surface area contributed by atoms with E-state index in [2.05, 4.69) is 10.2 Å². The highest BCUT2D eigenvalue weighted by atomic mass is 32.1. The molecule has 5 heteroatoms. The first-order valence-corrected chi connectivity index (χ1v) is 6.91. The molecule has 0 saturated carbocycles. The van der Waals surface area contributed by atoms with Gasteiger partial charge in [-0.2, -0.15) is 5.10 Å². The molecule has 0 aliphatic rings. The fourth-order valence-electron chi connectivity index (χ4n) is 2.25. The average Bonchev–Trinajstić information content (AvgIpc) is 2.53. The van der Waals surface area contributed by atoms with Crippen LogP contribution in [0.25, 0.3) is 10.8 Å². The van der Waals surface area contributed by atoms with Crippen LogP contribution in [0.15, 0.2) is 54.7 Å². The van der Waals surface area contributed by atoms with Gasteiger partial charge in [-0.3, -0.25) is 0 Å². The lowest BCUT2D eigenvalue weighted by atomic mass is 10.1. The molecule has 0 saturated heterocycles. The second-order valence-corrected chi connectivity index (χ2v) is 5.17. The molecule has 0 fully saturated rings. The lowest BCUT2D eigenvalue weighted by Crippen LogP contribution is -2.14. The molecule has 2 N–H and O–H groups in total. The van der Waals surface area contributed by atoms with Gasteiger partial charge < -0.3 is 10.6 Å². The van der Waals surface area contributed by atoms with Gasteiger partial charge in [0.05, 0.1) is 6.20 Å². The van der Waals surface area contributed by atoms with Crippen molar-refractivity contribution in [3.63, 3.8) is 0 Å². The average molecular weight is 294 g/mol. The van der Waals surface area contributed by atoms with Gasteiger partial charge in [0, 0.05) is 29.1 Å². The van der Waals surface area contributed by atoms with E-state index < -0.39 is 0 Å². The number of benzene rings is 2. The summed E-state index contributed by atoms with van der Waals surface area (Å²) in [4.78, 5) is 2.37. The SMILES string of the molecule is CN(c1cccc(C(N)=S)c1)c1nncc2ccccc12. The van der Waals surface area contributed by atoms with Crippen molar-refractivity contribution in [2.75, 3.05) is 11.9 Å². The van der Waals surface area contributed by atoms with Gasteiger partial charge >= 0.3 is 0 Å². The highest BCUT2D eigenvalue weighted by molar-refractivity contribution is 7.80. The highest BCUT2D eigenvalue weighted by Gasteiger charge is 2.11. The molecule has 0 unspecified atom stereocenters. The third kappa shape index (κ3) is 2.55. The fourth-order valence-corrected chi connectivity index (χ4v) is 2.38. The normalized spacial score (nSPS) is 10.5. The molecule has 0 aliphatic carbocycles. The van der Waals surface area contributed by atoms with E-state index in [1.807, 2.05) is 60.5 Å². The van der Waals surface area contributed by atoms with E-state index in [1.165, 1.54) is 0 Å². The summed E-state index contributed by atoms with van der Waals surface area (Å²) >= 11 is 5.03. The van der Waals surface area contributed by atoms with Crippen molar-refractivity contribution < 1.29 is 0 Å². The largest absolute Gasteiger partial charge is 0.389 e. The van der Waals surface area contributed by atoms with Crippen LogP contribution in [-0.2, 0) is 0 Å². The van der Waals surface area contributed by atoms with Crippen molar-refractivity contribution >= 4 is 39.5 Å². The maximum absolute atomic E-state index is 5.70. The second kappa shape index (κ2) is 5.46. The fraction of sp³-hybridized carbons (Fsp3) is 0.0625. The Balaban J connectivity index is 2.10. The van der Waals surface area contributed by atoms with Gasteiger partial charge in [-0.25, -0.2) is 0 Å². The number of hydrogen-bond acceptors (Lipinski definition) is 4. The summed E-state index contributed by atoms with van der Waals surface area (Å²) in [5.41, 5.74) is 7.50. The number of aromatic nitrogens is 2. The highest BCUT2D eigenvalue weighted by Crippen LogP contribution is 2.28. The van der Waals surface area contributed by atoms with Crippen molar-refractivity contribution in [1.29, 1.82) is 0 Å². The van der Waals surface area contributed by atoms with Crippen LogP contribution < -0.4 is 10.6 Å².